The summed E-state index contributed by atoms with van der Waals surface area (Å²) in [7, 11) is 1.94. The fraction of sp³-hybridized carbons (Fsp3) is 0.333. The van der Waals surface area contributed by atoms with E-state index in [9.17, 15) is 0 Å². The second-order valence-corrected chi connectivity index (χ2v) is 3.69. The summed E-state index contributed by atoms with van der Waals surface area (Å²) in [5, 5.41) is 7.73. The molecule has 0 bridgehead atoms. The van der Waals surface area contributed by atoms with Crippen molar-refractivity contribution in [3.63, 3.8) is 0 Å². The summed E-state index contributed by atoms with van der Waals surface area (Å²) < 4.78 is 1.83. The third-order valence-corrected chi connectivity index (χ3v) is 2.43. The van der Waals surface area contributed by atoms with Gasteiger partial charge in [0.25, 0.3) is 0 Å². The van der Waals surface area contributed by atoms with Crippen molar-refractivity contribution in [2.24, 2.45) is 7.05 Å². The topological polar surface area (TPSA) is 42.7 Å². The molecule has 0 aliphatic heterocycles. The summed E-state index contributed by atoms with van der Waals surface area (Å²) in [5.74, 6) is 0. The molecule has 2 heterocycles. The molecule has 16 heavy (non-hydrogen) atoms. The van der Waals surface area contributed by atoms with E-state index in [-0.39, 0.29) is 0 Å². The molecule has 0 spiro atoms. The van der Waals surface area contributed by atoms with Crippen LogP contribution in [0, 0.1) is 0 Å². The third kappa shape index (κ3) is 2.39. The molecule has 0 aromatic carbocycles. The zero-order chi connectivity index (χ0) is 11.4. The van der Waals surface area contributed by atoms with Gasteiger partial charge in [-0.2, -0.15) is 5.10 Å². The van der Waals surface area contributed by atoms with Crippen LogP contribution in [-0.4, -0.2) is 14.8 Å². The van der Waals surface area contributed by atoms with Gasteiger partial charge in [-0.05, 0) is 18.6 Å². The molecular weight excluding hydrogens is 200 g/mol. The van der Waals surface area contributed by atoms with Crippen molar-refractivity contribution in [2.75, 3.05) is 5.32 Å². The average molecular weight is 216 g/mol. The fourth-order valence-corrected chi connectivity index (χ4v) is 1.63. The molecule has 0 saturated heterocycles. The molecule has 1 N–H and O–H groups in total. The zero-order valence-corrected chi connectivity index (χ0v) is 9.64. The van der Waals surface area contributed by atoms with Crippen LogP contribution >= 0.6 is 0 Å². The molecule has 2 rings (SSSR count). The van der Waals surface area contributed by atoms with Crippen molar-refractivity contribution in [3.05, 3.63) is 42.0 Å². The highest BCUT2D eigenvalue weighted by molar-refractivity contribution is 5.46. The van der Waals surface area contributed by atoms with E-state index in [0.717, 1.165) is 30.0 Å². The molecule has 84 valence electrons. The van der Waals surface area contributed by atoms with Crippen molar-refractivity contribution in [2.45, 2.75) is 19.9 Å². The monoisotopic (exact) mass is 216 g/mol. The van der Waals surface area contributed by atoms with Gasteiger partial charge in [0.1, 0.15) is 0 Å². The second kappa shape index (κ2) is 4.79. The Kier molecular flexibility index (Phi) is 3.19. The number of rotatable bonds is 4. The first-order valence-electron chi connectivity index (χ1n) is 5.46. The predicted octanol–water partition coefficient (Wildman–Crippen LogP) is 1.99. The van der Waals surface area contributed by atoms with Crippen molar-refractivity contribution in [1.29, 1.82) is 0 Å². The highest BCUT2D eigenvalue weighted by Gasteiger charge is 2.04. The Morgan fingerprint density at radius 2 is 2.25 bits per heavy atom. The van der Waals surface area contributed by atoms with Crippen LogP contribution in [0.1, 0.15) is 18.3 Å². The Balaban J connectivity index is 2.04. The van der Waals surface area contributed by atoms with E-state index >= 15 is 0 Å². The molecule has 0 unspecified atom stereocenters. The molecule has 0 aliphatic carbocycles. The Hall–Kier alpha value is -1.84. The van der Waals surface area contributed by atoms with Crippen LogP contribution in [0.15, 0.2) is 30.6 Å². The standard InChI is InChI=1S/C12H16N4/c1-3-11-12(9-16(2)15-11)14-8-10-6-4-5-7-13-10/h4-7,9,14H,3,8H2,1-2H3. The number of hydrogen-bond acceptors (Lipinski definition) is 3. The van der Waals surface area contributed by atoms with Crippen LogP contribution in [0.2, 0.25) is 0 Å². The maximum absolute atomic E-state index is 4.38. The van der Waals surface area contributed by atoms with Crippen LogP contribution in [-0.2, 0) is 20.0 Å². The van der Waals surface area contributed by atoms with Crippen LogP contribution in [0.25, 0.3) is 0 Å². The minimum Gasteiger partial charge on any atom is -0.377 e. The predicted molar refractivity (Wildman–Crippen MR) is 64.1 cm³/mol. The number of hydrogen-bond donors (Lipinski definition) is 1. The van der Waals surface area contributed by atoms with Crippen LogP contribution in [0.3, 0.4) is 0 Å². The van der Waals surface area contributed by atoms with E-state index in [0.29, 0.717) is 0 Å². The van der Waals surface area contributed by atoms with Gasteiger partial charge in [0.2, 0.25) is 0 Å². The van der Waals surface area contributed by atoms with Gasteiger partial charge in [0.05, 0.1) is 23.6 Å². The first-order valence-corrected chi connectivity index (χ1v) is 5.46. The van der Waals surface area contributed by atoms with Gasteiger partial charge >= 0.3 is 0 Å². The summed E-state index contributed by atoms with van der Waals surface area (Å²) >= 11 is 0. The van der Waals surface area contributed by atoms with Gasteiger partial charge < -0.3 is 5.32 Å². The maximum Gasteiger partial charge on any atom is 0.0853 e. The average Bonchev–Trinajstić information content (AvgIpc) is 2.68. The molecule has 2 aromatic rings. The van der Waals surface area contributed by atoms with E-state index in [1.165, 1.54) is 0 Å². The van der Waals surface area contributed by atoms with Crippen LogP contribution in [0.5, 0.6) is 0 Å². The number of pyridine rings is 1. The van der Waals surface area contributed by atoms with Crippen molar-refractivity contribution < 1.29 is 0 Å². The van der Waals surface area contributed by atoms with Gasteiger partial charge in [-0.25, -0.2) is 0 Å². The lowest BCUT2D eigenvalue weighted by Crippen LogP contribution is -2.02. The van der Waals surface area contributed by atoms with E-state index in [1.54, 1.807) is 6.20 Å². The smallest absolute Gasteiger partial charge is 0.0853 e. The minimum atomic E-state index is 0.736. The van der Waals surface area contributed by atoms with Crippen molar-refractivity contribution >= 4 is 5.69 Å². The lowest BCUT2D eigenvalue weighted by molar-refractivity contribution is 0.746. The largest absolute Gasteiger partial charge is 0.377 e. The summed E-state index contributed by atoms with van der Waals surface area (Å²) in [4.78, 5) is 4.27. The van der Waals surface area contributed by atoms with Crippen molar-refractivity contribution in [3.8, 4) is 0 Å². The number of nitrogens with one attached hydrogen (secondary N) is 1. The van der Waals surface area contributed by atoms with E-state index in [1.807, 2.05) is 36.1 Å². The highest BCUT2D eigenvalue weighted by Crippen LogP contribution is 2.14. The summed E-state index contributed by atoms with van der Waals surface area (Å²) in [5.41, 5.74) is 3.22. The van der Waals surface area contributed by atoms with Gasteiger partial charge in [-0.1, -0.05) is 13.0 Å². The number of anilines is 1. The molecule has 0 amide bonds. The second-order valence-electron chi connectivity index (χ2n) is 3.69. The van der Waals surface area contributed by atoms with Crippen LogP contribution < -0.4 is 5.32 Å². The highest BCUT2D eigenvalue weighted by atomic mass is 15.3. The Labute approximate surface area is 95.3 Å². The van der Waals surface area contributed by atoms with Crippen LogP contribution in [0.4, 0.5) is 5.69 Å². The SMILES string of the molecule is CCc1nn(C)cc1NCc1ccccn1. The Morgan fingerprint density at radius 3 is 2.94 bits per heavy atom. The molecule has 0 aliphatic rings. The molecule has 2 aromatic heterocycles. The Morgan fingerprint density at radius 1 is 1.38 bits per heavy atom. The van der Waals surface area contributed by atoms with E-state index in [2.05, 4.69) is 22.3 Å². The molecule has 4 heteroatoms. The molecular formula is C12H16N4. The van der Waals surface area contributed by atoms with Gasteiger partial charge in [-0.3, -0.25) is 9.67 Å². The summed E-state index contributed by atoms with van der Waals surface area (Å²) in [6.45, 7) is 2.84. The third-order valence-electron chi connectivity index (χ3n) is 2.43. The first-order chi connectivity index (χ1) is 7.79. The molecule has 0 fully saturated rings. The van der Waals surface area contributed by atoms with E-state index in [4.69, 9.17) is 0 Å². The summed E-state index contributed by atoms with van der Waals surface area (Å²) in [6.07, 6.45) is 4.74. The van der Waals surface area contributed by atoms with Gasteiger partial charge in [0, 0.05) is 19.4 Å². The lowest BCUT2D eigenvalue weighted by atomic mass is 10.3. The molecule has 0 saturated carbocycles. The van der Waals surface area contributed by atoms with Gasteiger partial charge in [0.15, 0.2) is 0 Å². The lowest BCUT2D eigenvalue weighted by Gasteiger charge is -2.04. The number of aromatic nitrogens is 3. The van der Waals surface area contributed by atoms with Gasteiger partial charge in [-0.15, -0.1) is 0 Å². The molecule has 0 atom stereocenters. The fourth-order valence-electron chi connectivity index (χ4n) is 1.63. The van der Waals surface area contributed by atoms with E-state index < -0.39 is 0 Å². The quantitative estimate of drug-likeness (QED) is 0.850. The maximum atomic E-state index is 4.38. The first kappa shape index (κ1) is 10.7. The zero-order valence-electron chi connectivity index (χ0n) is 9.64. The summed E-state index contributed by atoms with van der Waals surface area (Å²) in [6, 6.07) is 5.92. The molecule has 0 radical (unpaired) electrons. The van der Waals surface area contributed by atoms with Crippen molar-refractivity contribution in [1.82, 2.24) is 14.8 Å². The number of nitrogens with zero attached hydrogens (tertiary/aromatic N) is 3. The normalized spacial score (nSPS) is 10.4. The Bertz CT molecular complexity index is 447. The molecule has 4 nitrogen and oxygen atoms in total. The number of aryl methyl sites for hydroxylation is 2. The minimum absolute atomic E-state index is 0.736.